The van der Waals surface area contributed by atoms with E-state index in [0.717, 1.165) is 0 Å². The number of amides is 3. The van der Waals surface area contributed by atoms with Crippen molar-refractivity contribution in [3.63, 3.8) is 0 Å². The van der Waals surface area contributed by atoms with E-state index in [-0.39, 0.29) is 18.1 Å². The van der Waals surface area contributed by atoms with Crippen molar-refractivity contribution in [1.29, 1.82) is 0 Å². The summed E-state index contributed by atoms with van der Waals surface area (Å²) in [6.45, 7) is 3.49. The predicted molar refractivity (Wildman–Crippen MR) is 128 cm³/mol. The SMILES string of the molecule is CSCC[C@H](NC(=O)[C@@H](NC(=O)[C@@H](NC(=O)[C@@H](N)CS)C(C)C)c1ccccc1)C(=O)O. The van der Waals surface area contributed by atoms with E-state index in [1.165, 1.54) is 11.8 Å². The summed E-state index contributed by atoms with van der Waals surface area (Å²) in [5.41, 5.74) is 6.17. The van der Waals surface area contributed by atoms with Crippen molar-refractivity contribution in [3.05, 3.63) is 35.9 Å². The second-order valence-corrected chi connectivity index (χ2v) is 8.90. The first-order valence-corrected chi connectivity index (χ1v) is 12.2. The summed E-state index contributed by atoms with van der Waals surface area (Å²) < 4.78 is 0. The molecule has 11 heteroatoms. The molecule has 0 aliphatic rings. The van der Waals surface area contributed by atoms with Crippen molar-refractivity contribution in [2.24, 2.45) is 11.7 Å². The summed E-state index contributed by atoms with van der Waals surface area (Å²) in [7, 11) is 0. The molecule has 0 fully saturated rings. The molecule has 1 aromatic rings. The first-order valence-electron chi connectivity index (χ1n) is 10.2. The first-order chi connectivity index (χ1) is 15.1. The molecule has 1 aromatic carbocycles. The van der Waals surface area contributed by atoms with Crippen LogP contribution < -0.4 is 21.7 Å². The van der Waals surface area contributed by atoms with E-state index < -0.39 is 47.9 Å². The van der Waals surface area contributed by atoms with Crippen molar-refractivity contribution in [2.75, 3.05) is 17.8 Å². The van der Waals surface area contributed by atoms with Gasteiger partial charge in [-0.3, -0.25) is 14.4 Å². The lowest BCUT2D eigenvalue weighted by molar-refractivity contribution is -0.142. The summed E-state index contributed by atoms with van der Waals surface area (Å²) in [5, 5.41) is 17.2. The van der Waals surface area contributed by atoms with Crippen molar-refractivity contribution in [3.8, 4) is 0 Å². The van der Waals surface area contributed by atoms with Crippen LogP contribution in [0, 0.1) is 5.92 Å². The fraction of sp³-hybridized carbons (Fsp3) is 0.524. The number of hydrogen-bond donors (Lipinski definition) is 6. The molecule has 0 spiro atoms. The fourth-order valence-electron chi connectivity index (χ4n) is 2.80. The quantitative estimate of drug-likeness (QED) is 0.224. The fourth-order valence-corrected chi connectivity index (χ4v) is 3.44. The summed E-state index contributed by atoms with van der Waals surface area (Å²) in [5.74, 6) is -2.56. The van der Waals surface area contributed by atoms with Gasteiger partial charge in [-0.1, -0.05) is 44.2 Å². The number of nitrogens with two attached hydrogens (primary N) is 1. The smallest absolute Gasteiger partial charge is 0.326 e. The Bertz CT molecular complexity index is 779. The van der Waals surface area contributed by atoms with Crippen molar-refractivity contribution < 1.29 is 24.3 Å². The van der Waals surface area contributed by atoms with E-state index in [1.807, 2.05) is 6.26 Å². The molecule has 0 heterocycles. The molecule has 9 nitrogen and oxygen atoms in total. The number of thiol groups is 1. The van der Waals surface area contributed by atoms with Crippen LogP contribution in [0.2, 0.25) is 0 Å². The lowest BCUT2D eigenvalue weighted by Crippen LogP contribution is -2.56. The number of rotatable bonds is 13. The maximum absolute atomic E-state index is 13.0. The lowest BCUT2D eigenvalue weighted by Gasteiger charge is -2.27. The Morgan fingerprint density at radius 2 is 1.66 bits per heavy atom. The normalized spacial score (nSPS) is 14.7. The molecule has 3 amide bonds. The second kappa shape index (κ2) is 14.0. The van der Waals surface area contributed by atoms with Crippen LogP contribution in [0.5, 0.6) is 0 Å². The zero-order valence-electron chi connectivity index (χ0n) is 18.4. The molecule has 0 saturated heterocycles. The minimum Gasteiger partial charge on any atom is -0.480 e. The Labute approximate surface area is 198 Å². The second-order valence-electron chi connectivity index (χ2n) is 7.55. The molecule has 0 bridgehead atoms. The van der Waals surface area contributed by atoms with E-state index in [4.69, 9.17) is 5.73 Å². The molecule has 32 heavy (non-hydrogen) atoms. The molecule has 0 aromatic heterocycles. The maximum Gasteiger partial charge on any atom is 0.326 e. The highest BCUT2D eigenvalue weighted by Crippen LogP contribution is 2.15. The molecule has 0 aliphatic carbocycles. The van der Waals surface area contributed by atoms with Gasteiger partial charge in [0.05, 0.1) is 6.04 Å². The van der Waals surface area contributed by atoms with Crippen LogP contribution in [0.3, 0.4) is 0 Å². The highest BCUT2D eigenvalue weighted by molar-refractivity contribution is 7.98. The van der Waals surface area contributed by atoms with Gasteiger partial charge in [0, 0.05) is 5.75 Å². The number of thioether (sulfide) groups is 1. The third-order valence-electron chi connectivity index (χ3n) is 4.69. The molecule has 6 N–H and O–H groups in total. The number of aliphatic carboxylic acids is 1. The molecule has 4 atom stereocenters. The number of carbonyl (C=O) groups excluding carboxylic acids is 3. The van der Waals surface area contributed by atoms with Gasteiger partial charge in [0.15, 0.2) is 0 Å². The lowest BCUT2D eigenvalue weighted by atomic mass is 10.0. The Hall–Kier alpha value is -2.24. The van der Waals surface area contributed by atoms with Gasteiger partial charge in [-0.25, -0.2) is 4.79 Å². The molecule has 0 aliphatic heterocycles. The molecule has 1 rings (SSSR count). The van der Waals surface area contributed by atoms with Crippen LogP contribution in [-0.4, -0.2) is 64.7 Å². The number of benzene rings is 1. The van der Waals surface area contributed by atoms with Crippen molar-refractivity contribution >= 4 is 48.1 Å². The van der Waals surface area contributed by atoms with E-state index in [9.17, 15) is 24.3 Å². The monoisotopic (exact) mass is 484 g/mol. The van der Waals surface area contributed by atoms with Crippen LogP contribution in [0.15, 0.2) is 30.3 Å². The van der Waals surface area contributed by atoms with E-state index in [0.29, 0.717) is 11.3 Å². The van der Waals surface area contributed by atoms with Gasteiger partial charge in [-0.2, -0.15) is 24.4 Å². The summed E-state index contributed by atoms with van der Waals surface area (Å²) in [4.78, 5) is 49.8. The van der Waals surface area contributed by atoms with Crippen LogP contribution >= 0.6 is 24.4 Å². The van der Waals surface area contributed by atoms with E-state index in [2.05, 4.69) is 28.6 Å². The third kappa shape index (κ3) is 8.71. The van der Waals surface area contributed by atoms with Crippen LogP contribution in [0.1, 0.15) is 31.9 Å². The van der Waals surface area contributed by atoms with Crippen LogP contribution in [-0.2, 0) is 19.2 Å². The third-order valence-corrected chi connectivity index (χ3v) is 5.72. The first kappa shape index (κ1) is 27.8. The van der Waals surface area contributed by atoms with Gasteiger partial charge in [0.2, 0.25) is 17.7 Å². The highest BCUT2D eigenvalue weighted by Gasteiger charge is 2.32. The summed E-state index contributed by atoms with van der Waals surface area (Å²) in [6.07, 6.45) is 2.08. The van der Waals surface area contributed by atoms with Gasteiger partial charge >= 0.3 is 5.97 Å². The van der Waals surface area contributed by atoms with Gasteiger partial charge in [-0.05, 0) is 29.9 Å². The zero-order chi connectivity index (χ0) is 24.3. The van der Waals surface area contributed by atoms with Gasteiger partial charge in [-0.15, -0.1) is 0 Å². The van der Waals surface area contributed by atoms with E-state index >= 15 is 0 Å². The molecular weight excluding hydrogens is 452 g/mol. The van der Waals surface area contributed by atoms with E-state index in [1.54, 1.807) is 44.2 Å². The Morgan fingerprint density at radius 3 is 2.16 bits per heavy atom. The predicted octanol–water partition coefficient (Wildman–Crippen LogP) is 0.564. The summed E-state index contributed by atoms with van der Waals surface area (Å²) >= 11 is 5.46. The molecule has 0 radical (unpaired) electrons. The Morgan fingerprint density at radius 1 is 1.03 bits per heavy atom. The molecular formula is C21H32N4O5S2. The summed E-state index contributed by atoms with van der Waals surface area (Å²) in [6, 6.07) is 4.42. The molecule has 0 unspecified atom stereocenters. The largest absolute Gasteiger partial charge is 0.480 e. The number of carboxylic acids is 1. The Balaban J connectivity index is 3.10. The van der Waals surface area contributed by atoms with Crippen molar-refractivity contribution in [2.45, 2.75) is 44.4 Å². The standard InChI is InChI=1S/C21H32N4O5S2/c1-12(2)16(24-18(26)14(22)11-31)19(27)25-17(13-7-5-4-6-8-13)20(28)23-15(21(29)30)9-10-32-3/h4-8,12,14-17,31H,9-11,22H2,1-3H3,(H,23,28)(H,24,26)(H,25,27)(H,29,30)/t14-,15-,16-,17-/m0/s1. The molecule has 0 saturated carbocycles. The van der Waals surface area contributed by atoms with Crippen LogP contribution in [0.4, 0.5) is 0 Å². The zero-order valence-corrected chi connectivity index (χ0v) is 20.1. The van der Waals surface area contributed by atoms with Gasteiger partial charge in [0.25, 0.3) is 0 Å². The average Bonchev–Trinajstić information content (AvgIpc) is 2.77. The number of carbonyl (C=O) groups is 4. The molecule has 178 valence electrons. The Kier molecular flexibility index (Phi) is 12.2. The average molecular weight is 485 g/mol. The minimum absolute atomic E-state index is 0.111. The van der Waals surface area contributed by atoms with Crippen molar-refractivity contribution in [1.82, 2.24) is 16.0 Å². The maximum atomic E-state index is 13.0. The number of carboxylic acid groups (broad SMARTS) is 1. The highest BCUT2D eigenvalue weighted by atomic mass is 32.2. The topological polar surface area (TPSA) is 151 Å². The van der Waals surface area contributed by atoms with Crippen LogP contribution in [0.25, 0.3) is 0 Å². The number of hydrogen-bond acceptors (Lipinski definition) is 7. The van der Waals surface area contributed by atoms with Gasteiger partial charge in [0.1, 0.15) is 18.1 Å². The number of nitrogens with one attached hydrogen (secondary N) is 3. The minimum atomic E-state index is -1.15. The van der Waals surface area contributed by atoms with Gasteiger partial charge < -0.3 is 26.8 Å².